The molecule has 4 nitrogen and oxygen atoms in total. The first-order valence-electron chi connectivity index (χ1n) is 3.84. The molecule has 1 aromatic rings. The topological polar surface area (TPSA) is 44.1 Å². The van der Waals surface area contributed by atoms with E-state index < -0.39 is 0 Å². The maximum Gasteiger partial charge on any atom is 0.209 e. The van der Waals surface area contributed by atoms with Gasteiger partial charge in [0.15, 0.2) is 11.4 Å². The summed E-state index contributed by atoms with van der Waals surface area (Å²) in [5.74, 6) is 0.340. The Morgan fingerprint density at radius 1 is 1.69 bits per heavy atom. The van der Waals surface area contributed by atoms with Crippen molar-refractivity contribution in [3.63, 3.8) is 0 Å². The fourth-order valence-electron chi connectivity index (χ4n) is 1.03. The molecule has 0 amide bonds. The molecule has 0 aromatic carbocycles. The van der Waals surface area contributed by atoms with E-state index in [0.717, 1.165) is 0 Å². The zero-order valence-corrected chi connectivity index (χ0v) is 8.00. The summed E-state index contributed by atoms with van der Waals surface area (Å²) in [4.78, 5) is 11.6. The molecule has 4 heteroatoms. The lowest BCUT2D eigenvalue weighted by atomic mass is 10.1. The first-order valence-corrected chi connectivity index (χ1v) is 3.84. The Morgan fingerprint density at radius 2 is 2.31 bits per heavy atom. The van der Waals surface area contributed by atoms with Gasteiger partial charge in [-0.05, 0) is 12.5 Å². The van der Waals surface area contributed by atoms with Gasteiger partial charge in [-0.3, -0.25) is 9.48 Å². The van der Waals surface area contributed by atoms with E-state index in [2.05, 4.69) is 11.7 Å². The van der Waals surface area contributed by atoms with Crippen LogP contribution in [-0.4, -0.2) is 22.7 Å². The van der Waals surface area contributed by atoms with Crippen molar-refractivity contribution in [3.05, 3.63) is 24.0 Å². The highest BCUT2D eigenvalue weighted by Crippen LogP contribution is 2.19. The molecule has 0 atom stereocenters. The molecule has 0 aliphatic carbocycles. The summed E-state index contributed by atoms with van der Waals surface area (Å²) < 4.78 is 6.47. The third kappa shape index (κ3) is 1.61. The molecule has 0 radical (unpaired) electrons. The predicted octanol–water partition coefficient (Wildman–Crippen LogP) is 1.19. The van der Waals surface area contributed by atoms with Crippen LogP contribution in [0.1, 0.15) is 17.4 Å². The molecule has 0 N–H and O–H groups in total. The van der Waals surface area contributed by atoms with Crippen molar-refractivity contribution in [2.75, 3.05) is 7.11 Å². The Kier molecular flexibility index (Phi) is 2.51. The van der Waals surface area contributed by atoms with Gasteiger partial charge in [-0.2, -0.15) is 5.10 Å². The van der Waals surface area contributed by atoms with Crippen LogP contribution >= 0.6 is 0 Å². The number of hydrogen-bond donors (Lipinski definition) is 0. The van der Waals surface area contributed by atoms with Crippen LogP contribution in [0.2, 0.25) is 0 Å². The number of rotatable bonds is 3. The highest BCUT2D eigenvalue weighted by molar-refractivity contribution is 6.08. The summed E-state index contributed by atoms with van der Waals surface area (Å²) in [6, 6.07) is 0. The van der Waals surface area contributed by atoms with E-state index in [-0.39, 0.29) is 5.78 Å². The van der Waals surface area contributed by atoms with Crippen LogP contribution in [0.5, 0.6) is 5.75 Å². The van der Waals surface area contributed by atoms with Gasteiger partial charge in [0.05, 0.1) is 13.3 Å². The van der Waals surface area contributed by atoms with Crippen LogP contribution in [0, 0.1) is 0 Å². The van der Waals surface area contributed by atoms with Crippen molar-refractivity contribution in [3.8, 4) is 5.75 Å². The maximum absolute atomic E-state index is 11.6. The van der Waals surface area contributed by atoms with Gasteiger partial charge in [-0.1, -0.05) is 6.58 Å². The number of nitrogens with zero attached hydrogens (tertiary/aromatic N) is 2. The lowest BCUT2D eigenvalue weighted by Crippen LogP contribution is -2.08. The Morgan fingerprint density at radius 3 is 2.77 bits per heavy atom. The van der Waals surface area contributed by atoms with Crippen molar-refractivity contribution in [2.45, 2.75) is 6.92 Å². The Bertz CT molecular complexity index is 352. The minimum atomic E-state index is -0.142. The molecular formula is C9H12N2O2. The fraction of sp³-hybridized carbons (Fsp3) is 0.333. The number of aromatic nitrogens is 2. The molecule has 0 fully saturated rings. The highest BCUT2D eigenvalue weighted by atomic mass is 16.5. The molecule has 0 aliphatic rings. The van der Waals surface area contributed by atoms with Crippen LogP contribution in [-0.2, 0) is 7.05 Å². The molecule has 0 bridgehead atoms. The van der Waals surface area contributed by atoms with E-state index in [9.17, 15) is 4.79 Å². The predicted molar refractivity (Wildman–Crippen MR) is 48.9 cm³/mol. The zero-order chi connectivity index (χ0) is 10.0. The van der Waals surface area contributed by atoms with Gasteiger partial charge in [0.25, 0.3) is 0 Å². The lowest BCUT2D eigenvalue weighted by molar-refractivity contribution is 0.102. The van der Waals surface area contributed by atoms with Gasteiger partial charge >= 0.3 is 0 Å². The van der Waals surface area contributed by atoms with Crippen molar-refractivity contribution in [2.24, 2.45) is 7.05 Å². The summed E-state index contributed by atoms with van der Waals surface area (Å²) >= 11 is 0. The molecule has 0 saturated carbocycles. The van der Waals surface area contributed by atoms with Crippen molar-refractivity contribution in [1.29, 1.82) is 0 Å². The molecule has 1 heterocycles. The summed E-state index contributed by atoms with van der Waals surface area (Å²) in [7, 11) is 3.20. The maximum atomic E-state index is 11.6. The third-order valence-corrected chi connectivity index (χ3v) is 1.73. The second-order valence-corrected chi connectivity index (χ2v) is 2.79. The SMILES string of the molecule is C=C(C)C(=O)c1c(OC)cnn1C. The van der Waals surface area contributed by atoms with Crippen molar-refractivity contribution in [1.82, 2.24) is 9.78 Å². The first kappa shape index (κ1) is 9.51. The minimum absolute atomic E-state index is 0.142. The van der Waals surface area contributed by atoms with E-state index in [0.29, 0.717) is 17.0 Å². The van der Waals surface area contributed by atoms with Gasteiger partial charge in [-0.25, -0.2) is 0 Å². The zero-order valence-electron chi connectivity index (χ0n) is 8.00. The Hall–Kier alpha value is -1.58. The average molecular weight is 180 g/mol. The number of hydrogen-bond acceptors (Lipinski definition) is 3. The van der Waals surface area contributed by atoms with Gasteiger partial charge in [-0.15, -0.1) is 0 Å². The van der Waals surface area contributed by atoms with E-state index in [1.54, 1.807) is 14.0 Å². The number of aryl methyl sites for hydroxylation is 1. The Balaban J connectivity index is 3.18. The third-order valence-electron chi connectivity index (χ3n) is 1.73. The van der Waals surface area contributed by atoms with Crippen LogP contribution in [0.4, 0.5) is 0 Å². The summed E-state index contributed by atoms with van der Waals surface area (Å²) in [5, 5.41) is 3.92. The summed E-state index contributed by atoms with van der Waals surface area (Å²) in [6.07, 6.45) is 1.51. The van der Waals surface area contributed by atoms with Gasteiger partial charge in [0, 0.05) is 7.05 Å². The fourth-order valence-corrected chi connectivity index (χ4v) is 1.03. The average Bonchev–Trinajstić information content (AvgIpc) is 2.45. The number of ketones is 1. The first-order chi connectivity index (χ1) is 6.07. The quantitative estimate of drug-likeness (QED) is 0.518. The van der Waals surface area contributed by atoms with Crippen molar-refractivity contribution >= 4 is 5.78 Å². The number of Topliss-reactive ketones (excluding diaryl/α,β-unsaturated/α-hetero) is 1. The molecular weight excluding hydrogens is 168 g/mol. The minimum Gasteiger partial charge on any atom is -0.493 e. The van der Waals surface area contributed by atoms with Gasteiger partial charge < -0.3 is 4.74 Å². The molecule has 13 heavy (non-hydrogen) atoms. The molecule has 0 spiro atoms. The Labute approximate surface area is 76.8 Å². The molecule has 1 aromatic heterocycles. The lowest BCUT2D eigenvalue weighted by Gasteiger charge is -2.02. The van der Waals surface area contributed by atoms with Crippen LogP contribution in [0.15, 0.2) is 18.3 Å². The summed E-state index contributed by atoms with van der Waals surface area (Å²) in [5.41, 5.74) is 0.914. The molecule has 0 aliphatic heterocycles. The number of methoxy groups -OCH3 is 1. The second-order valence-electron chi connectivity index (χ2n) is 2.79. The molecule has 0 saturated heterocycles. The molecule has 70 valence electrons. The number of carbonyl (C=O) groups excluding carboxylic acids is 1. The van der Waals surface area contributed by atoms with Gasteiger partial charge in [0.1, 0.15) is 0 Å². The largest absolute Gasteiger partial charge is 0.493 e. The van der Waals surface area contributed by atoms with E-state index in [1.165, 1.54) is 18.0 Å². The standard InChI is InChI=1S/C9H12N2O2/c1-6(2)9(12)8-7(13-4)5-10-11(8)3/h5H,1H2,2-4H3. The van der Waals surface area contributed by atoms with E-state index in [1.807, 2.05) is 0 Å². The van der Waals surface area contributed by atoms with Crippen LogP contribution in [0.3, 0.4) is 0 Å². The smallest absolute Gasteiger partial charge is 0.209 e. The van der Waals surface area contributed by atoms with Crippen molar-refractivity contribution < 1.29 is 9.53 Å². The monoisotopic (exact) mass is 180 g/mol. The van der Waals surface area contributed by atoms with Crippen LogP contribution in [0.25, 0.3) is 0 Å². The van der Waals surface area contributed by atoms with E-state index in [4.69, 9.17) is 4.74 Å². The molecule has 0 unspecified atom stereocenters. The molecule has 1 rings (SSSR count). The summed E-state index contributed by atoms with van der Waals surface area (Å²) in [6.45, 7) is 5.24. The normalized spacial score (nSPS) is 9.77. The van der Waals surface area contributed by atoms with E-state index >= 15 is 0 Å². The highest BCUT2D eigenvalue weighted by Gasteiger charge is 2.17. The number of allylic oxidation sites excluding steroid dienone is 1. The number of ether oxygens (including phenoxy) is 1. The van der Waals surface area contributed by atoms with Crippen LogP contribution < -0.4 is 4.74 Å². The number of carbonyl (C=O) groups is 1. The van der Waals surface area contributed by atoms with Gasteiger partial charge in [0.2, 0.25) is 5.78 Å². The second kappa shape index (κ2) is 3.43.